The molecule has 4 rings (SSSR count). The third kappa shape index (κ3) is 3.38. The Balaban J connectivity index is 1.72. The van der Waals surface area contributed by atoms with E-state index >= 15 is 0 Å². The van der Waals surface area contributed by atoms with Crippen molar-refractivity contribution in [2.75, 3.05) is 14.2 Å². The van der Waals surface area contributed by atoms with Crippen LogP contribution in [0.2, 0.25) is 0 Å². The van der Waals surface area contributed by atoms with Crippen LogP contribution in [0, 0.1) is 0 Å². The lowest BCUT2D eigenvalue weighted by Crippen LogP contribution is -2.19. The Kier molecular flexibility index (Phi) is 4.86. The van der Waals surface area contributed by atoms with Crippen LogP contribution in [0.1, 0.15) is 36.5 Å². The van der Waals surface area contributed by atoms with Crippen LogP contribution in [-0.2, 0) is 16.6 Å². The number of ether oxygens (including phenoxy) is 1. The summed E-state index contributed by atoms with van der Waals surface area (Å²) < 4.78 is 7.12. The summed E-state index contributed by atoms with van der Waals surface area (Å²) in [4.78, 5) is 16.7. The lowest BCUT2D eigenvalue weighted by Gasteiger charge is -2.11. The number of nitrogens with one attached hydrogen (secondary N) is 1. The summed E-state index contributed by atoms with van der Waals surface area (Å²) in [6.45, 7) is 0. The number of hydrogen-bond acceptors (Lipinski definition) is 4. The van der Waals surface area contributed by atoms with Gasteiger partial charge in [-0.2, -0.15) is 5.10 Å². The molecule has 1 fully saturated rings. The number of nitrogens with zero attached hydrogens (tertiary/aromatic N) is 3. The highest BCUT2D eigenvalue weighted by molar-refractivity contribution is 5.75. The van der Waals surface area contributed by atoms with Gasteiger partial charge >= 0.3 is 0 Å². The predicted octanol–water partition coefficient (Wildman–Crippen LogP) is 3.03. The van der Waals surface area contributed by atoms with E-state index in [1.54, 1.807) is 14.2 Å². The van der Waals surface area contributed by atoms with Crippen LogP contribution in [0.15, 0.2) is 54.6 Å². The molecule has 2 aromatic carbocycles. The fourth-order valence-corrected chi connectivity index (χ4v) is 3.51. The molecular formula is C22H24N4O2. The van der Waals surface area contributed by atoms with Gasteiger partial charge in [0.25, 0.3) is 0 Å². The van der Waals surface area contributed by atoms with Crippen molar-refractivity contribution in [2.24, 2.45) is 0 Å². The van der Waals surface area contributed by atoms with E-state index in [0.29, 0.717) is 12.8 Å². The molecule has 28 heavy (non-hydrogen) atoms. The topological polar surface area (TPSA) is 69.0 Å². The van der Waals surface area contributed by atoms with Crippen LogP contribution in [-0.4, -0.2) is 34.8 Å². The van der Waals surface area contributed by atoms with Crippen LogP contribution in [0.5, 0.6) is 5.75 Å². The van der Waals surface area contributed by atoms with Gasteiger partial charge in [-0.1, -0.05) is 30.3 Å². The van der Waals surface area contributed by atoms with Crippen LogP contribution in [0.4, 0.5) is 0 Å². The van der Waals surface area contributed by atoms with E-state index in [0.717, 1.165) is 35.9 Å². The van der Waals surface area contributed by atoms with Gasteiger partial charge in [-0.05, 0) is 42.7 Å². The second-order valence-corrected chi connectivity index (χ2v) is 7.08. The highest BCUT2D eigenvalue weighted by Crippen LogP contribution is 2.52. The average Bonchev–Trinajstić information content (AvgIpc) is 3.46. The summed E-state index contributed by atoms with van der Waals surface area (Å²) in [6, 6.07) is 18.2. The zero-order valence-corrected chi connectivity index (χ0v) is 16.2. The molecule has 0 radical (unpaired) electrons. The Hall–Kier alpha value is -3.15. The van der Waals surface area contributed by atoms with E-state index in [1.807, 2.05) is 35.0 Å². The quantitative estimate of drug-likeness (QED) is 0.688. The fraction of sp³-hybridized carbons (Fsp3) is 0.318. The maximum absolute atomic E-state index is 11.8. The largest absolute Gasteiger partial charge is 0.497 e. The first kappa shape index (κ1) is 18.2. The number of aromatic nitrogens is 3. The molecule has 0 saturated heterocycles. The van der Waals surface area contributed by atoms with Gasteiger partial charge in [-0.3, -0.25) is 4.79 Å². The van der Waals surface area contributed by atoms with Crippen molar-refractivity contribution in [3.05, 3.63) is 71.8 Å². The number of carbonyl (C=O) groups is 1. The summed E-state index contributed by atoms with van der Waals surface area (Å²) in [5, 5.41) is 7.56. The van der Waals surface area contributed by atoms with Crippen molar-refractivity contribution < 1.29 is 9.53 Å². The van der Waals surface area contributed by atoms with Crippen LogP contribution in [0.3, 0.4) is 0 Å². The molecule has 3 aromatic rings. The molecule has 1 aliphatic carbocycles. The summed E-state index contributed by atoms with van der Waals surface area (Å²) in [6.07, 6.45) is 2.99. The molecule has 144 valence electrons. The minimum atomic E-state index is -0.110. The first-order chi connectivity index (χ1) is 13.7. The molecule has 0 spiro atoms. The fourth-order valence-electron chi connectivity index (χ4n) is 3.51. The van der Waals surface area contributed by atoms with Gasteiger partial charge in [-0.15, -0.1) is 0 Å². The Morgan fingerprint density at radius 3 is 2.46 bits per heavy atom. The zero-order valence-electron chi connectivity index (χ0n) is 16.2. The Bertz CT molecular complexity index is 960. The summed E-state index contributed by atoms with van der Waals surface area (Å²) in [7, 11) is 3.30. The number of methoxy groups -OCH3 is 1. The van der Waals surface area contributed by atoms with Gasteiger partial charge in [0, 0.05) is 19.9 Å². The maximum atomic E-state index is 11.8. The van der Waals surface area contributed by atoms with Crippen molar-refractivity contribution in [1.29, 1.82) is 0 Å². The normalized spacial score (nSPS) is 14.5. The molecule has 0 atom stereocenters. The number of benzene rings is 2. The smallest absolute Gasteiger partial charge is 0.220 e. The van der Waals surface area contributed by atoms with E-state index in [4.69, 9.17) is 14.8 Å². The number of carbonyl (C=O) groups excluding carboxylic acids is 1. The van der Waals surface area contributed by atoms with E-state index in [-0.39, 0.29) is 11.3 Å². The number of aryl methyl sites for hydroxylation is 1. The molecule has 1 aromatic heterocycles. The van der Waals surface area contributed by atoms with Crippen LogP contribution < -0.4 is 10.1 Å². The number of amides is 1. The van der Waals surface area contributed by atoms with E-state index in [1.165, 1.54) is 5.56 Å². The van der Waals surface area contributed by atoms with Gasteiger partial charge in [-0.25, -0.2) is 9.67 Å². The van der Waals surface area contributed by atoms with Gasteiger partial charge in [0.2, 0.25) is 5.91 Å². The lowest BCUT2D eigenvalue weighted by molar-refractivity contribution is -0.120. The molecule has 0 aliphatic heterocycles. The molecule has 1 N–H and O–H groups in total. The van der Waals surface area contributed by atoms with Crippen molar-refractivity contribution in [3.63, 3.8) is 0 Å². The number of rotatable bonds is 7. The molecule has 0 bridgehead atoms. The van der Waals surface area contributed by atoms with Gasteiger partial charge in [0.05, 0.1) is 18.2 Å². The standard InChI is InChI=1S/C22H24N4O2/c1-23-20(27)13-12-19-24-21(22(14-15-22)16-6-4-3-5-7-16)25-26(19)17-8-10-18(28-2)11-9-17/h3-11H,12-15H2,1-2H3,(H,23,27). The number of hydrogen-bond donors (Lipinski definition) is 1. The van der Waals surface area contributed by atoms with Crippen molar-refractivity contribution in [2.45, 2.75) is 31.1 Å². The SMILES string of the molecule is CNC(=O)CCc1nc(C2(c3ccccc3)CC2)nn1-c1ccc(OC)cc1. The Morgan fingerprint density at radius 1 is 1.14 bits per heavy atom. The summed E-state index contributed by atoms with van der Waals surface area (Å²) in [5.74, 6) is 2.42. The minimum absolute atomic E-state index is 0.00461. The van der Waals surface area contributed by atoms with Gasteiger partial charge in [0.15, 0.2) is 5.82 Å². The first-order valence-corrected chi connectivity index (χ1v) is 9.53. The highest BCUT2D eigenvalue weighted by atomic mass is 16.5. The third-order valence-corrected chi connectivity index (χ3v) is 5.35. The van der Waals surface area contributed by atoms with Crippen molar-refractivity contribution in [1.82, 2.24) is 20.1 Å². The summed E-state index contributed by atoms with van der Waals surface area (Å²) in [5.41, 5.74) is 2.05. The Labute approximate surface area is 164 Å². The monoisotopic (exact) mass is 376 g/mol. The molecule has 6 heteroatoms. The van der Waals surface area contributed by atoms with Crippen LogP contribution >= 0.6 is 0 Å². The van der Waals surface area contributed by atoms with Crippen molar-refractivity contribution in [3.8, 4) is 11.4 Å². The minimum Gasteiger partial charge on any atom is -0.497 e. The molecule has 0 unspecified atom stereocenters. The van der Waals surface area contributed by atoms with Crippen LogP contribution in [0.25, 0.3) is 5.69 Å². The average molecular weight is 376 g/mol. The van der Waals surface area contributed by atoms with Gasteiger partial charge in [0.1, 0.15) is 11.6 Å². The molecule has 1 amide bonds. The molecule has 1 saturated carbocycles. The first-order valence-electron chi connectivity index (χ1n) is 9.53. The third-order valence-electron chi connectivity index (χ3n) is 5.35. The molecule has 1 heterocycles. The van der Waals surface area contributed by atoms with E-state index in [2.05, 4.69) is 29.6 Å². The second kappa shape index (κ2) is 7.46. The second-order valence-electron chi connectivity index (χ2n) is 7.08. The Morgan fingerprint density at radius 2 is 1.86 bits per heavy atom. The van der Waals surface area contributed by atoms with E-state index < -0.39 is 0 Å². The van der Waals surface area contributed by atoms with Gasteiger partial charge < -0.3 is 10.1 Å². The maximum Gasteiger partial charge on any atom is 0.220 e. The van der Waals surface area contributed by atoms with Crippen molar-refractivity contribution >= 4 is 5.91 Å². The molecule has 1 aliphatic rings. The highest BCUT2D eigenvalue weighted by Gasteiger charge is 2.49. The predicted molar refractivity (Wildman–Crippen MR) is 107 cm³/mol. The summed E-state index contributed by atoms with van der Waals surface area (Å²) >= 11 is 0. The lowest BCUT2D eigenvalue weighted by atomic mass is 9.95. The van der Waals surface area contributed by atoms with E-state index in [9.17, 15) is 4.79 Å². The molecular weight excluding hydrogens is 352 g/mol. The molecule has 6 nitrogen and oxygen atoms in total. The zero-order chi connectivity index (χ0) is 19.6.